The highest BCUT2D eigenvalue weighted by molar-refractivity contribution is 5.93. The van der Waals surface area contributed by atoms with Crippen molar-refractivity contribution in [1.29, 1.82) is 0 Å². The highest BCUT2D eigenvalue weighted by Gasteiger charge is 2.12. The first-order chi connectivity index (χ1) is 12.1. The van der Waals surface area contributed by atoms with Crippen LogP contribution in [0.2, 0.25) is 0 Å². The van der Waals surface area contributed by atoms with Gasteiger partial charge in [0, 0.05) is 12.1 Å². The van der Waals surface area contributed by atoms with Crippen LogP contribution in [-0.4, -0.2) is 20.1 Å². The maximum atomic E-state index is 12.3. The van der Waals surface area contributed by atoms with Gasteiger partial charge in [-0.25, -0.2) is 0 Å². The van der Waals surface area contributed by atoms with Gasteiger partial charge < -0.3 is 19.2 Å². The van der Waals surface area contributed by atoms with Crippen molar-refractivity contribution >= 4 is 22.6 Å². The van der Waals surface area contributed by atoms with Gasteiger partial charge in [0.15, 0.2) is 5.43 Å². The molecule has 2 aromatic carbocycles. The van der Waals surface area contributed by atoms with Crippen molar-refractivity contribution in [3.8, 4) is 11.5 Å². The third-order valence-corrected chi connectivity index (χ3v) is 3.70. The summed E-state index contributed by atoms with van der Waals surface area (Å²) in [6.45, 7) is 0. The summed E-state index contributed by atoms with van der Waals surface area (Å²) in [5.74, 6) is 1.08. The molecule has 0 aliphatic heterocycles. The second-order valence-electron chi connectivity index (χ2n) is 5.36. The topological polar surface area (TPSA) is 77.8 Å². The van der Waals surface area contributed by atoms with Crippen LogP contribution in [0.3, 0.4) is 0 Å². The fourth-order valence-corrected chi connectivity index (χ4v) is 2.50. The van der Waals surface area contributed by atoms with Gasteiger partial charge in [-0.15, -0.1) is 0 Å². The molecule has 0 aliphatic rings. The third kappa shape index (κ3) is 3.63. The van der Waals surface area contributed by atoms with Crippen LogP contribution in [0.1, 0.15) is 5.76 Å². The highest BCUT2D eigenvalue weighted by atomic mass is 16.5. The van der Waals surface area contributed by atoms with Crippen LogP contribution in [0.4, 0.5) is 5.69 Å². The zero-order chi connectivity index (χ0) is 17.8. The van der Waals surface area contributed by atoms with Gasteiger partial charge in [-0.2, -0.15) is 0 Å². The van der Waals surface area contributed by atoms with Gasteiger partial charge >= 0.3 is 0 Å². The summed E-state index contributed by atoms with van der Waals surface area (Å²) in [5, 5.41) is 3.24. The van der Waals surface area contributed by atoms with E-state index in [2.05, 4.69) is 5.32 Å². The van der Waals surface area contributed by atoms with Gasteiger partial charge in [0.1, 0.15) is 22.8 Å². The number of fused-ring (bicyclic) bond motifs is 1. The molecule has 0 bridgehead atoms. The summed E-state index contributed by atoms with van der Waals surface area (Å²) < 4.78 is 16.0. The third-order valence-electron chi connectivity index (χ3n) is 3.70. The number of para-hydroxylation sites is 1. The number of anilines is 1. The van der Waals surface area contributed by atoms with E-state index in [1.807, 2.05) is 0 Å². The predicted molar refractivity (Wildman–Crippen MR) is 94.4 cm³/mol. The van der Waals surface area contributed by atoms with Crippen LogP contribution in [0.15, 0.2) is 57.7 Å². The molecule has 6 nitrogen and oxygen atoms in total. The van der Waals surface area contributed by atoms with E-state index in [9.17, 15) is 9.59 Å². The molecule has 1 amide bonds. The number of carbonyl (C=O) groups excluding carboxylic acids is 1. The number of benzene rings is 2. The average Bonchev–Trinajstić information content (AvgIpc) is 2.62. The van der Waals surface area contributed by atoms with E-state index in [-0.39, 0.29) is 17.8 Å². The molecule has 0 atom stereocenters. The molecule has 128 valence electrons. The van der Waals surface area contributed by atoms with E-state index in [1.165, 1.54) is 13.2 Å². The Labute approximate surface area is 144 Å². The maximum absolute atomic E-state index is 12.3. The van der Waals surface area contributed by atoms with Gasteiger partial charge in [0.2, 0.25) is 5.91 Å². The summed E-state index contributed by atoms with van der Waals surface area (Å²) >= 11 is 0. The van der Waals surface area contributed by atoms with Crippen molar-refractivity contribution in [2.75, 3.05) is 19.5 Å². The summed E-state index contributed by atoms with van der Waals surface area (Å²) in [6, 6.07) is 13.3. The fraction of sp³-hybridized carbons (Fsp3) is 0.158. The number of carbonyl (C=O) groups is 1. The molecule has 1 heterocycles. The molecular weight excluding hydrogens is 322 g/mol. The zero-order valence-corrected chi connectivity index (χ0v) is 13.9. The van der Waals surface area contributed by atoms with E-state index >= 15 is 0 Å². The van der Waals surface area contributed by atoms with Crippen LogP contribution < -0.4 is 20.2 Å². The van der Waals surface area contributed by atoms with E-state index in [0.717, 1.165) is 0 Å². The van der Waals surface area contributed by atoms with Crippen molar-refractivity contribution in [2.45, 2.75) is 6.42 Å². The lowest BCUT2D eigenvalue weighted by Gasteiger charge is -2.11. The lowest BCUT2D eigenvalue weighted by atomic mass is 10.2. The lowest BCUT2D eigenvalue weighted by Crippen LogP contribution is -2.16. The van der Waals surface area contributed by atoms with E-state index in [1.54, 1.807) is 49.6 Å². The van der Waals surface area contributed by atoms with Crippen molar-refractivity contribution < 1.29 is 18.7 Å². The Hall–Kier alpha value is -3.28. The van der Waals surface area contributed by atoms with Crippen LogP contribution in [0.5, 0.6) is 11.5 Å². The van der Waals surface area contributed by atoms with Crippen molar-refractivity contribution in [2.24, 2.45) is 0 Å². The van der Waals surface area contributed by atoms with E-state index in [4.69, 9.17) is 13.9 Å². The van der Waals surface area contributed by atoms with Crippen molar-refractivity contribution in [3.63, 3.8) is 0 Å². The molecule has 1 aromatic heterocycles. The SMILES string of the molecule is COc1ccc(NC(=O)Cc2cc(=O)c3ccccc3o2)c(OC)c1. The van der Waals surface area contributed by atoms with Crippen LogP contribution >= 0.6 is 0 Å². The van der Waals surface area contributed by atoms with Gasteiger partial charge in [0.05, 0.1) is 31.7 Å². The minimum atomic E-state index is -0.318. The number of amides is 1. The summed E-state index contributed by atoms with van der Waals surface area (Å²) in [5.41, 5.74) is 0.794. The quantitative estimate of drug-likeness (QED) is 0.773. The first-order valence-electron chi connectivity index (χ1n) is 7.64. The number of hydrogen-bond donors (Lipinski definition) is 1. The number of methoxy groups -OCH3 is 2. The molecule has 25 heavy (non-hydrogen) atoms. The fourth-order valence-electron chi connectivity index (χ4n) is 2.50. The largest absolute Gasteiger partial charge is 0.497 e. The Morgan fingerprint density at radius 2 is 1.88 bits per heavy atom. The predicted octanol–water partition coefficient (Wildman–Crippen LogP) is 2.99. The standard InChI is InChI=1S/C19H17NO5/c1-23-12-7-8-15(18(10-12)24-2)20-19(22)11-13-9-16(21)14-5-3-4-6-17(14)25-13/h3-10H,11H2,1-2H3,(H,20,22). The summed E-state index contributed by atoms with van der Waals surface area (Å²) in [6.07, 6.45) is -0.0603. The van der Waals surface area contributed by atoms with Crippen LogP contribution in [0, 0.1) is 0 Å². The van der Waals surface area contributed by atoms with Gasteiger partial charge in [-0.1, -0.05) is 12.1 Å². The molecule has 0 radical (unpaired) electrons. The number of hydrogen-bond acceptors (Lipinski definition) is 5. The molecule has 0 unspecified atom stereocenters. The van der Waals surface area contributed by atoms with Gasteiger partial charge in [-0.05, 0) is 24.3 Å². The molecule has 0 fully saturated rings. The molecule has 3 aromatic rings. The number of ether oxygens (including phenoxy) is 2. The molecule has 0 aliphatic carbocycles. The Morgan fingerprint density at radius 3 is 2.64 bits per heavy atom. The minimum absolute atomic E-state index is 0.0603. The smallest absolute Gasteiger partial charge is 0.232 e. The summed E-state index contributed by atoms with van der Waals surface area (Å²) in [4.78, 5) is 24.4. The van der Waals surface area contributed by atoms with Crippen molar-refractivity contribution in [3.05, 3.63) is 64.5 Å². The lowest BCUT2D eigenvalue weighted by molar-refractivity contribution is -0.115. The minimum Gasteiger partial charge on any atom is -0.497 e. The first kappa shape index (κ1) is 16.6. The molecule has 0 saturated heterocycles. The van der Waals surface area contributed by atoms with Crippen LogP contribution in [-0.2, 0) is 11.2 Å². The monoisotopic (exact) mass is 339 g/mol. The van der Waals surface area contributed by atoms with Crippen LogP contribution in [0.25, 0.3) is 11.0 Å². The number of nitrogens with one attached hydrogen (secondary N) is 1. The van der Waals surface area contributed by atoms with E-state index in [0.29, 0.717) is 33.9 Å². The summed E-state index contributed by atoms with van der Waals surface area (Å²) in [7, 11) is 3.06. The Balaban J connectivity index is 1.80. The second-order valence-corrected chi connectivity index (χ2v) is 5.36. The van der Waals surface area contributed by atoms with Gasteiger partial charge in [-0.3, -0.25) is 9.59 Å². The van der Waals surface area contributed by atoms with E-state index < -0.39 is 0 Å². The molecule has 6 heteroatoms. The Morgan fingerprint density at radius 1 is 1.08 bits per heavy atom. The van der Waals surface area contributed by atoms with Gasteiger partial charge in [0.25, 0.3) is 0 Å². The highest BCUT2D eigenvalue weighted by Crippen LogP contribution is 2.29. The average molecular weight is 339 g/mol. The Kier molecular flexibility index (Phi) is 4.70. The number of rotatable bonds is 5. The van der Waals surface area contributed by atoms with Crippen molar-refractivity contribution in [1.82, 2.24) is 0 Å². The normalized spacial score (nSPS) is 10.5. The molecule has 0 spiro atoms. The maximum Gasteiger partial charge on any atom is 0.232 e. The first-order valence-corrected chi connectivity index (χ1v) is 7.64. The second kappa shape index (κ2) is 7.09. The molecule has 0 saturated carbocycles. The molecular formula is C19H17NO5. The Bertz CT molecular complexity index is 977. The zero-order valence-electron chi connectivity index (χ0n) is 13.9. The molecule has 3 rings (SSSR count). The molecule has 1 N–H and O–H groups in total.